The van der Waals surface area contributed by atoms with Crippen LogP contribution in [0, 0.1) is 5.41 Å². The highest BCUT2D eigenvalue weighted by molar-refractivity contribution is 7.18. The summed E-state index contributed by atoms with van der Waals surface area (Å²) in [6, 6.07) is 3.46. The van der Waals surface area contributed by atoms with E-state index in [0.717, 1.165) is 47.6 Å². The van der Waals surface area contributed by atoms with Crippen LogP contribution in [0.2, 0.25) is 0 Å². The molecule has 9 nitrogen and oxygen atoms in total. The lowest BCUT2D eigenvalue weighted by molar-refractivity contribution is 0.0798. The standard InChI is InChI=1S/C28H37F2N7O2S/c1-32-27(38)36-10-6-22(34-18-7-11-39-12-8-18)21(16-36)26(31)37-9-4-5-17-13-19(20(25(29)30)14-23(17)37)24-15-33-28(40-24)35(2)3/h13-15,18,25,31,34H,4-12,16H2,1-3H3,(H,32,38). The molecule has 4 heterocycles. The fraction of sp³-hybridized carbons (Fsp3) is 0.536. The fourth-order valence-electron chi connectivity index (χ4n) is 5.59. The van der Waals surface area contributed by atoms with Crippen molar-refractivity contribution >= 4 is 34.0 Å². The van der Waals surface area contributed by atoms with E-state index in [9.17, 15) is 19.0 Å². The Labute approximate surface area is 237 Å². The molecule has 40 heavy (non-hydrogen) atoms. The van der Waals surface area contributed by atoms with E-state index in [-0.39, 0.29) is 30.0 Å². The van der Waals surface area contributed by atoms with Gasteiger partial charge in [0.1, 0.15) is 5.84 Å². The molecule has 0 bridgehead atoms. The van der Waals surface area contributed by atoms with E-state index in [0.29, 0.717) is 48.9 Å². The molecule has 2 aromatic rings. The van der Waals surface area contributed by atoms with Crippen molar-refractivity contribution in [3.05, 3.63) is 40.7 Å². The van der Waals surface area contributed by atoms with Crippen molar-refractivity contribution in [2.24, 2.45) is 0 Å². The van der Waals surface area contributed by atoms with E-state index in [1.807, 2.05) is 30.0 Å². The number of benzene rings is 1. The van der Waals surface area contributed by atoms with E-state index in [1.165, 1.54) is 11.3 Å². The lowest BCUT2D eigenvalue weighted by Gasteiger charge is -2.38. The molecule has 1 fully saturated rings. The van der Waals surface area contributed by atoms with Crippen LogP contribution in [0.25, 0.3) is 10.4 Å². The van der Waals surface area contributed by atoms with E-state index < -0.39 is 6.43 Å². The molecule has 2 amide bonds. The Morgan fingerprint density at radius 2 is 2.00 bits per heavy atom. The molecule has 1 saturated heterocycles. The number of thiazole rings is 1. The number of fused-ring (bicyclic) bond motifs is 1. The minimum atomic E-state index is -2.67. The second-order valence-corrected chi connectivity index (χ2v) is 11.6. The first-order valence-corrected chi connectivity index (χ1v) is 14.6. The summed E-state index contributed by atoms with van der Waals surface area (Å²) in [6.45, 7) is 2.75. The normalized spacial score (nSPS) is 18.1. The van der Waals surface area contributed by atoms with Crippen LogP contribution >= 0.6 is 11.3 Å². The quantitative estimate of drug-likeness (QED) is 0.345. The summed E-state index contributed by atoms with van der Waals surface area (Å²) in [6.07, 6.45) is 2.88. The summed E-state index contributed by atoms with van der Waals surface area (Å²) in [5, 5.41) is 16.4. The molecule has 216 valence electrons. The molecule has 0 unspecified atom stereocenters. The summed E-state index contributed by atoms with van der Waals surface area (Å²) in [4.78, 5) is 23.0. The predicted molar refractivity (Wildman–Crippen MR) is 155 cm³/mol. The van der Waals surface area contributed by atoms with E-state index in [1.54, 1.807) is 24.2 Å². The molecular weight excluding hydrogens is 536 g/mol. The topological polar surface area (TPSA) is 96.8 Å². The molecule has 12 heteroatoms. The van der Waals surface area contributed by atoms with Gasteiger partial charge in [0.25, 0.3) is 6.43 Å². The number of carbonyl (C=O) groups is 1. The molecule has 0 atom stereocenters. The average molecular weight is 574 g/mol. The minimum Gasteiger partial charge on any atom is -0.385 e. The number of anilines is 2. The van der Waals surface area contributed by atoms with Gasteiger partial charge in [-0.3, -0.25) is 5.41 Å². The van der Waals surface area contributed by atoms with Crippen molar-refractivity contribution in [3.8, 4) is 10.4 Å². The monoisotopic (exact) mass is 573 g/mol. The van der Waals surface area contributed by atoms with Gasteiger partial charge < -0.3 is 30.1 Å². The van der Waals surface area contributed by atoms with Gasteiger partial charge in [0.05, 0.1) is 11.4 Å². The van der Waals surface area contributed by atoms with Crippen LogP contribution in [0.5, 0.6) is 0 Å². The molecular formula is C28H37F2N7O2S. The first-order valence-electron chi connectivity index (χ1n) is 13.7. The number of amidine groups is 1. The Kier molecular flexibility index (Phi) is 8.55. The van der Waals surface area contributed by atoms with Gasteiger partial charge in [0, 0.05) is 94.2 Å². The van der Waals surface area contributed by atoms with Crippen LogP contribution in [0.15, 0.2) is 29.6 Å². The van der Waals surface area contributed by atoms with Gasteiger partial charge in [0.2, 0.25) is 0 Å². The zero-order valence-electron chi connectivity index (χ0n) is 23.2. The molecule has 0 aliphatic carbocycles. The van der Waals surface area contributed by atoms with Crippen molar-refractivity contribution < 1.29 is 18.3 Å². The Morgan fingerprint density at radius 1 is 1.23 bits per heavy atom. The lowest BCUT2D eigenvalue weighted by Crippen LogP contribution is -2.48. The zero-order chi connectivity index (χ0) is 28.4. The fourth-order valence-corrected chi connectivity index (χ4v) is 6.47. The van der Waals surface area contributed by atoms with Crippen molar-refractivity contribution in [1.29, 1.82) is 5.41 Å². The van der Waals surface area contributed by atoms with Crippen LogP contribution < -0.4 is 20.4 Å². The van der Waals surface area contributed by atoms with Crippen LogP contribution in [0.1, 0.15) is 43.2 Å². The Bertz CT molecular complexity index is 1290. The number of rotatable bonds is 6. The SMILES string of the molecule is CNC(=O)N1CCC(NC2CCOCC2)=C(C(=N)N2CCCc3cc(-c4cnc(N(C)C)s4)c(C(F)F)cc32)C1. The smallest absolute Gasteiger partial charge is 0.317 e. The summed E-state index contributed by atoms with van der Waals surface area (Å²) < 4.78 is 34.4. The third-order valence-electron chi connectivity index (χ3n) is 7.75. The number of aromatic nitrogens is 1. The maximum absolute atomic E-state index is 14.5. The van der Waals surface area contributed by atoms with E-state index in [2.05, 4.69) is 15.6 Å². The summed E-state index contributed by atoms with van der Waals surface area (Å²) in [5.74, 6) is 0.254. The number of halogens is 2. The van der Waals surface area contributed by atoms with Crippen LogP contribution in [0.4, 0.5) is 24.4 Å². The van der Waals surface area contributed by atoms with Crippen molar-refractivity contribution in [2.75, 3.05) is 63.8 Å². The first-order chi connectivity index (χ1) is 19.3. The van der Waals surface area contributed by atoms with Gasteiger partial charge in [-0.2, -0.15) is 0 Å². The predicted octanol–water partition coefficient (Wildman–Crippen LogP) is 4.61. The highest BCUT2D eigenvalue weighted by Crippen LogP contribution is 2.42. The third kappa shape index (κ3) is 5.78. The number of aryl methyl sites for hydroxylation is 1. The molecule has 3 aliphatic rings. The van der Waals surface area contributed by atoms with Gasteiger partial charge in [-0.25, -0.2) is 18.6 Å². The molecule has 1 aromatic heterocycles. The largest absolute Gasteiger partial charge is 0.385 e. The Morgan fingerprint density at radius 3 is 2.67 bits per heavy atom. The van der Waals surface area contributed by atoms with Gasteiger partial charge >= 0.3 is 6.03 Å². The molecule has 5 rings (SSSR count). The number of alkyl halides is 2. The Hall–Kier alpha value is -3.25. The summed E-state index contributed by atoms with van der Waals surface area (Å²) in [7, 11) is 5.36. The minimum absolute atomic E-state index is 0.0578. The van der Waals surface area contributed by atoms with Crippen LogP contribution in [0.3, 0.4) is 0 Å². The third-order valence-corrected chi connectivity index (χ3v) is 8.95. The number of urea groups is 1. The number of nitrogens with one attached hydrogen (secondary N) is 3. The first kappa shape index (κ1) is 28.3. The number of amides is 2. The second kappa shape index (κ2) is 12.1. The van der Waals surface area contributed by atoms with Crippen LogP contribution in [-0.4, -0.2) is 81.8 Å². The maximum Gasteiger partial charge on any atom is 0.317 e. The van der Waals surface area contributed by atoms with Crippen molar-refractivity contribution in [2.45, 2.75) is 44.6 Å². The number of nitrogens with zero attached hydrogens (tertiary/aromatic N) is 4. The highest BCUT2D eigenvalue weighted by Gasteiger charge is 2.32. The lowest BCUT2D eigenvalue weighted by atomic mass is 9.93. The summed E-state index contributed by atoms with van der Waals surface area (Å²) in [5.41, 5.74) is 3.71. The maximum atomic E-state index is 14.5. The second-order valence-electron chi connectivity index (χ2n) is 10.6. The zero-order valence-corrected chi connectivity index (χ0v) is 24.0. The molecule has 0 spiro atoms. The number of hydrogen-bond donors (Lipinski definition) is 3. The van der Waals surface area contributed by atoms with Gasteiger partial charge in [0.15, 0.2) is 5.13 Å². The van der Waals surface area contributed by atoms with Gasteiger partial charge in [-0.1, -0.05) is 11.3 Å². The Balaban J connectivity index is 1.51. The van der Waals surface area contributed by atoms with E-state index in [4.69, 9.17) is 4.74 Å². The van der Waals surface area contributed by atoms with Gasteiger partial charge in [-0.05, 0) is 43.4 Å². The molecule has 3 aliphatic heterocycles. The number of carbonyl (C=O) groups excluding carboxylic acids is 1. The van der Waals surface area contributed by atoms with Crippen molar-refractivity contribution in [3.63, 3.8) is 0 Å². The van der Waals surface area contributed by atoms with E-state index >= 15 is 0 Å². The highest BCUT2D eigenvalue weighted by atomic mass is 32.1. The number of hydrogen-bond acceptors (Lipinski definition) is 7. The van der Waals surface area contributed by atoms with Crippen molar-refractivity contribution in [1.82, 2.24) is 20.5 Å². The number of ether oxygens (including phenoxy) is 1. The summed E-state index contributed by atoms with van der Waals surface area (Å²) >= 11 is 1.39. The molecule has 0 saturated carbocycles. The molecule has 1 aromatic carbocycles. The molecule has 0 radical (unpaired) electrons. The van der Waals surface area contributed by atoms with Gasteiger partial charge in [-0.15, -0.1) is 0 Å². The van der Waals surface area contributed by atoms with Crippen LogP contribution in [-0.2, 0) is 11.2 Å². The molecule has 3 N–H and O–H groups in total. The average Bonchev–Trinajstić information content (AvgIpc) is 3.47.